The fraction of sp³-hybridized carbons (Fsp3) is 0.500. The second-order valence-corrected chi connectivity index (χ2v) is 4.78. The third-order valence-corrected chi connectivity index (χ3v) is 3.63. The van der Waals surface area contributed by atoms with Gasteiger partial charge in [0.15, 0.2) is 0 Å². The number of anilines is 2. The molecule has 0 atom stereocenters. The van der Waals surface area contributed by atoms with Crippen molar-refractivity contribution in [2.75, 3.05) is 17.7 Å². The smallest absolute Gasteiger partial charge is 0.134 e. The van der Waals surface area contributed by atoms with Crippen molar-refractivity contribution in [3.8, 4) is 0 Å². The molecule has 0 aliphatic carbocycles. The second kappa shape index (κ2) is 5.90. The molecule has 0 bridgehead atoms. The molecule has 0 aliphatic rings. The molecule has 0 aromatic carbocycles. The Morgan fingerprint density at radius 1 is 1.15 bits per heavy atom. The third kappa shape index (κ3) is 2.59. The zero-order valence-electron chi connectivity index (χ0n) is 12.8. The van der Waals surface area contributed by atoms with Crippen molar-refractivity contribution in [2.24, 2.45) is 7.05 Å². The van der Waals surface area contributed by atoms with Gasteiger partial charge in [-0.05, 0) is 20.3 Å². The lowest BCUT2D eigenvalue weighted by Crippen LogP contribution is -2.09. The number of aryl methyl sites for hydroxylation is 2. The molecule has 2 aromatic rings. The average Bonchev–Trinajstić information content (AvgIpc) is 2.69. The van der Waals surface area contributed by atoms with E-state index in [4.69, 9.17) is 0 Å². The number of nitrogens with one attached hydrogen (secondary N) is 2. The molecule has 108 valence electrons. The van der Waals surface area contributed by atoms with Crippen LogP contribution in [0.1, 0.15) is 29.4 Å². The van der Waals surface area contributed by atoms with Gasteiger partial charge in [-0.1, -0.05) is 6.92 Å². The lowest BCUT2D eigenvalue weighted by atomic mass is 10.2. The van der Waals surface area contributed by atoms with Crippen LogP contribution in [-0.4, -0.2) is 26.8 Å². The highest BCUT2D eigenvalue weighted by molar-refractivity contribution is 5.57. The summed E-state index contributed by atoms with van der Waals surface area (Å²) in [5, 5.41) is 10.9. The van der Waals surface area contributed by atoms with Crippen LogP contribution in [0, 0.1) is 13.8 Å². The van der Waals surface area contributed by atoms with E-state index in [-0.39, 0.29) is 0 Å². The summed E-state index contributed by atoms with van der Waals surface area (Å²) in [6.45, 7) is 6.93. The molecule has 2 aromatic heterocycles. The number of rotatable bonds is 5. The van der Waals surface area contributed by atoms with Crippen LogP contribution in [0.5, 0.6) is 0 Å². The molecule has 0 saturated carbocycles. The largest absolute Gasteiger partial charge is 0.373 e. The maximum atomic E-state index is 4.43. The molecule has 0 saturated heterocycles. The summed E-state index contributed by atoms with van der Waals surface area (Å²) >= 11 is 0. The van der Waals surface area contributed by atoms with E-state index < -0.39 is 0 Å². The van der Waals surface area contributed by atoms with Gasteiger partial charge in [0, 0.05) is 37.5 Å². The molecular weight excluding hydrogens is 252 g/mol. The molecule has 6 nitrogen and oxygen atoms in total. The predicted molar refractivity (Wildman–Crippen MR) is 81.0 cm³/mol. The molecule has 2 heterocycles. The first-order valence-corrected chi connectivity index (χ1v) is 6.83. The maximum absolute atomic E-state index is 4.43. The van der Waals surface area contributed by atoms with Gasteiger partial charge in [0.25, 0.3) is 0 Å². The van der Waals surface area contributed by atoms with Crippen molar-refractivity contribution in [3.63, 3.8) is 0 Å². The van der Waals surface area contributed by atoms with E-state index in [0.29, 0.717) is 0 Å². The molecule has 0 amide bonds. The number of aromatic nitrogens is 4. The van der Waals surface area contributed by atoms with E-state index in [2.05, 4.69) is 39.5 Å². The SMILES string of the molecule is CCc1c(NC)ncnc1NCc1c(C)nn(C)c1C. The van der Waals surface area contributed by atoms with Crippen LogP contribution < -0.4 is 10.6 Å². The summed E-state index contributed by atoms with van der Waals surface area (Å²) in [4.78, 5) is 8.59. The van der Waals surface area contributed by atoms with Crippen molar-refractivity contribution in [3.05, 3.63) is 28.8 Å². The summed E-state index contributed by atoms with van der Waals surface area (Å²) in [6, 6.07) is 0. The zero-order valence-corrected chi connectivity index (χ0v) is 12.8. The van der Waals surface area contributed by atoms with Gasteiger partial charge in [-0.25, -0.2) is 9.97 Å². The number of hydrogen-bond donors (Lipinski definition) is 2. The van der Waals surface area contributed by atoms with Gasteiger partial charge in [-0.15, -0.1) is 0 Å². The van der Waals surface area contributed by atoms with Gasteiger partial charge in [-0.2, -0.15) is 5.10 Å². The normalized spacial score (nSPS) is 10.7. The van der Waals surface area contributed by atoms with Crippen LogP contribution in [0.2, 0.25) is 0 Å². The van der Waals surface area contributed by atoms with E-state index in [1.807, 2.05) is 25.7 Å². The summed E-state index contributed by atoms with van der Waals surface area (Å²) in [6.07, 6.45) is 2.46. The van der Waals surface area contributed by atoms with E-state index in [0.717, 1.165) is 35.9 Å². The summed E-state index contributed by atoms with van der Waals surface area (Å²) in [5.74, 6) is 1.76. The Hall–Kier alpha value is -2.11. The molecule has 0 spiro atoms. The minimum absolute atomic E-state index is 0.721. The van der Waals surface area contributed by atoms with Crippen LogP contribution in [0.4, 0.5) is 11.6 Å². The highest BCUT2D eigenvalue weighted by Gasteiger charge is 2.12. The molecule has 2 rings (SSSR count). The zero-order chi connectivity index (χ0) is 14.7. The molecule has 6 heteroatoms. The van der Waals surface area contributed by atoms with Crippen molar-refractivity contribution in [2.45, 2.75) is 33.7 Å². The summed E-state index contributed by atoms with van der Waals surface area (Å²) in [5.41, 5.74) is 4.56. The Bertz CT molecular complexity index is 602. The quantitative estimate of drug-likeness (QED) is 0.873. The highest BCUT2D eigenvalue weighted by Crippen LogP contribution is 2.21. The van der Waals surface area contributed by atoms with Crippen LogP contribution in [0.25, 0.3) is 0 Å². The fourth-order valence-corrected chi connectivity index (χ4v) is 2.36. The lowest BCUT2D eigenvalue weighted by molar-refractivity contribution is 0.730. The Morgan fingerprint density at radius 3 is 2.40 bits per heavy atom. The van der Waals surface area contributed by atoms with Gasteiger partial charge in [0.05, 0.1) is 5.69 Å². The topological polar surface area (TPSA) is 67.7 Å². The van der Waals surface area contributed by atoms with Crippen LogP contribution >= 0.6 is 0 Å². The number of nitrogens with zero attached hydrogens (tertiary/aromatic N) is 4. The first-order chi connectivity index (χ1) is 9.58. The number of hydrogen-bond acceptors (Lipinski definition) is 5. The van der Waals surface area contributed by atoms with Crippen molar-refractivity contribution < 1.29 is 0 Å². The first-order valence-electron chi connectivity index (χ1n) is 6.83. The van der Waals surface area contributed by atoms with Crippen molar-refractivity contribution >= 4 is 11.6 Å². The summed E-state index contributed by atoms with van der Waals surface area (Å²) in [7, 11) is 3.84. The van der Waals surface area contributed by atoms with E-state index >= 15 is 0 Å². The van der Waals surface area contributed by atoms with Gasteiger partial charge < -0.3 is 10.6 Å². The van der Waals surface area contributed by atoms with Gasteiger partial charge in [0.2, 0.25) is 0 Å². The first kappa shape index (κ1) is 14.3. The van der Waals surface area contributed by atoms with Gasteiger partial charge in [0.1, 0.15) is 18.0 Å². The summed E-state index contributed by atoms with van der Waals surface area (Å²) < 4.78 is 1.91. The van der Waals surface area contributed by atoms with Crippen LogP contribution in [-0.2, 0) is 20.0 Å². The van der Waals surface area contributed by atoms with E-state index in [1.165, 1.54) is 11.3 Å². The highest BCUT2D eigenvalue weighted by atomic mass is 15.3. The minimum atomic E-state index is 0.721. The average molecular weight is 274 g/mol. The molecule has 20 heavy (non-hydrogen) atoms. The minimum Gasteiger partial charge on any atom is -0.373 e. The molecular formula is C14H22N6. The van der Waals surface area contributed by atoms with Crippen LogP contribution in [0.3, 0.4) is 0 Å². The van der Waals surface area contributed by atoms with Crippen molar-refractivity contribution in [1.82, 2.24) is 19.7 Å². The lowest BCUT2D eigenvalue weighted by Gasteiger charge is -2.13. The molecule has 0 radical (unpaired) electrons. The van der Waals surface area contributed by atoms with E-state index in [9.17, 15) is 0 Å². The van der Waals surface area contributed by atoms with Gasteiger partial charge in [-0.3, -0.25) is 4.68 Å². The maximum Gasteiger partial charge on any atom is 0.134 e. The molecule has 0 unspecified atom stereocenters. The fourth-order valence-electron chi connectivity index (χ4n) is 2.36. The monoisotopic (exact) mass is 274 g/mol. The van der Waals surface area contributed by atoms with Crippen molar-refractivity contribution in [1.29, 1.82) is 0 Å². The Balaban J connectivity index is 2.23. The molecule has 0 fully saturated rings. The molecule has 2 N–H and O–H groups in total. The Labute approximate surface area is 119 Å². The standard InChI is InChI=1S/C14H22N6/c1-6-11-13(15-4)17-8-18-14(11)16-7-12-9(2)19-20(5)10(12)3/h8H,6-7H2,1-5H3,(H2,15,16,17,18). The predicted octanol–water partition coefficient (Wildman–Crippen LogP) is 2.04. The third-order valence-electron chi connectivity index (χ3n) is 3.63. The van der Waals surface area contributed by atoms with Gasteiger partial charge >= 0.3 is 0 Å². The Kier molecular flexibility index (Phi) is 4.22. The van der Waals surface area contributed by atoms with Crippen LogP contribution in [0.15, 0.2) is 6.33 Å². The second-order valence-electron chi connectivity index (χ2n) is 4.78. The van der Waals surface area contributed by atoms with E-state index in [1.54, 1.807) is 6.33 Å². The molecule has 0 aliphatic heterocycles. The Morgan fingerprint density at radius 2 is 1.85 bits per heavy atom.